The van der Waals surface area contributed by atoms with E-state index < -0.39 is 0 Å². The van der Waals surface area contributed by atoms with Gasteiger partial charge in [-0.3, -0.25) is 4.79 Å². The van der Waals surface area contributed by atoms with E-state index >= 15 is 0 Å². The van der Waals surface area contributed by atoms with E-state index in [1.807, 2.05) is 42.5 Å². The average molecular weight is 280 g/mol. The Bertz CT molecular complexity index is 627. The fourth-order valence-corrected chi connectivity index (χ4v) is 2.68. The molecule has 0 N–H and O–H groups in total. The molecule has 2 aromatic carbocycles. The van der Waals surface area contributed by atoms with Crippen molar-refractivity contribution in [3.05, 3.63) is 65.2 Å². The molecular formula is C19H20O2. The van der Waals surface area contributed by atoms with Gasteiger partial charge in [-0.25, -0.2) is 0 Å². The number of hydrogen-bond acceptors (Lipinski definition) is 2. The van der Waals surface area contributed by atoms with Gasteiger partial charge in [0, 0.05) is 0 Å². The monoisotopic (exact) mass is 280 g/mol. The highest BCUT2D eigenvalue weighted by Crippen LogP contribution is 2.38. The van der Waals surface area contributed by atoms with E-state index in [-0.39, 0.29) is 5.78 Å². The number of Topliss-reactive ketones (excluding diaryl/α,β-unsaturated/α-hetero) is 1. The number of ketones is 1. The van der Waals surface area contributed by atoms with Crippen LogP contribution in [0.5, 0.6) is 5.75 Å². The standard InChI is InChI=1S/C19H20O2/c1-14(20)18-12-17(16-8-5-9-16)10-11-19(18)21-13-15-6-3-2-4-7-15/h2-4,6-7,10-12,16H,5,8-9,13H2,1H3. The van der Waals surface area contributed by atoms with Crippen LogP contribution in [0.1, 0.15) is 53.6 Å². The van der Waals surface area contributed by atoms with Crippen molar-refractivity contribution in [1.29, 1.82) is 0 Å². The summed E-state index contributed by atoms with van der Waals surface area (Å²) in [6, 6.07) is 16.1. The maximum Gasteiger partial charge on any atom is 0.163 e. The van der Waals surface area contributed by atoms with Gasteiger partial charge >= 0.3 is 0 Å². The van der Waals surface area contributed by atoms with Crippen molar-refractivity contribution in [1.82, 2.24) is 0 Å². The van der Waals surface area contributed by atoms with Crippen molar-refractivity contribution in [3.8, 4) is 5.75 Å². The van der Waals surface area contributed by atoms with Gasteiger partial charge in [0.05, 0.1) is 5.56 Å². The van der Waals surface area contributed by atoms with E-state index in [0.717, 1.165) is 5.56 Å². The maximum absolute atomic E-state index is 11.9. The molecule has 2 heteroatoms. The third-order valence-electron chi connectivity index (χ3n) is 4.20. The third-order valence-corrected chi connectivity index (χ3v) is 4.20. The number of carbonyl (C=O) groups excluding carboxylic acids is 1. The zero-order valence-electron chi connectivity index (χ0n) is 12.3. The first-order valence-electron chi connectivity index (χ1n) is 7.55. The summed E-state index contributed by atoms with van der Waals surface area (Å²) in [6.45, 7) is 2.10. The van der Waals surface area contributed by atoms with Crippen LogP contribution in [0.25, 0.3) is 0 Å². The van der Waals surface area contributed by atoms with Crippen LogP contribution < -0.4 is 4.74 Å². The second-order valence-corrected chi connectivity index (χ2v) is 5.71. The van der Waals surface area contributed by atoms with Crippen LogP contribution in [0.3, 0.4) is 0 Å². The van der Waals surface area contributed by atoms with Crippen molar-refractivity contribution in [2.45, 2.75) is 38.7 Å². The van der Waals surface area contributed by atoms with E-state index in [1.165, 1.54) is 24.8 Å². The van der Waals surface area contributed by atoms with Crippen LogP contribution in [0.2, 0.25) is 0 Å². The molecule has 0 heterocycles. The summed E-state index contributed by atoms with van der Waals surface area (Å²) in [5.74, 6) is 1.39. The summed E-state index contributed by atoms with van der Waals surface area (Å²) in [5, 5.41) is 0. The Kier molecular flexibility index (Phi) is 4.05. The van der Waals surface area contributed by atoms with E-state index in [1.54, 1.807) is 6.92 Å². The van der Waals surface area contributed by atoms with Crippen LogP contribution in [-0.2, 0) is 6.61 Å². The first-order valence-corrected chi connectivity index (χ1v) is 7.55. The molecule has 2 aromatic rings. The highest BCUT2D eigenvalue weighted by atomic mass is 16.5. The maximum atomic E-state index is 11.9. The zero-order chi connectivity index (χ0) is 14.7. The molecular weight excluding hydrogens is 260 g/mol. The van der Waals surface area contributed by atoms with Gasteiger partial charge in [-0.15, -0.1) is 0 Å². The third kappa shape index (κ3) is 3.15. The van der Waals surface area contributed by atoms with Gasteiger partial charge in [0.25, 0.3) is 0 Å². The lowest BCUT2D eigenvalue weighted by atomic mass is 9.79. The molecule has 0 aliphatic heterocycles. The molecule has 21 heavy (non-hydrogen) atoms. The lowest BCUT2D eigenvalue weighted by Crippen LogP contribution is -2.10. The molecule has 2 nitrogen and oxygen atoms in total. The molecule has 0 saturated heterocycles. The van der Waals surface area contributed by atoms with Gasteiger partial charge in [0.2, 0.25) is 0 Å². The summed E-state index contributed by atoms with van der Waals surface area (Å²) in [4.78, 5) is 11.9. The Morgan fingerprint density at radius 1 is 1.14 bits per heavy atom. The van der Waals surface area contributed by atoms with Gasteiger partial charge < -0.3 is 4.74 Å². The summed E-state index contributed by atoms with van der Waals surface area (Å²) in [5.41, 5.74) is 3.09. The normalized spacial score (nSPS) is 14.5. The van der Waals surface area contributed by atoms with E-state index in [9.17, 15) is 4.79 Å². The lowest BCUT2D eigenvalue weighted by molar-refractivity contribution is 0.101. The number of rotatable bonds is 5. The quantitative estimate of drug-likeness (QED) is 0.740. The van der Waals surface area contributed by atoms with Crippen LogP contribution >= 0.6 is 0 Å². The topological polar surface area (TPSA) is 26.3 Å². The number of carbonyl (C=O) groups is 1. The molecule has 0 atom stereocenters. The Balaban J connectivity index is 1.78. The van der Waals surface area contributed by atoms with Gasteiger partial charge in [-0.2, -0.15) is 0 Å². The Morgan fingerprint density at radius 3 is 2.52 bits per heavy atom. The Morgan fingerprint density at radius 2 is 1.90 bits per heavy atom. The minimum atomic E-state index is 0.0687. The zero-order valence-corrected chi connectivity index (χ0v) is 12.3. The molecule has 1 fully saturated rings. The molecule has 0 bridgehead atoms. The minimum absolute atomic E-state index is 0.0687. The smallest absolute Gasteiger partial charge is 0.163 e. The highest BCUT2D eigenvalue weighted by Gasteiger charge is 2.21. The van der Waals surface area contributed by atoms with E-state index in [0.29, 0.717) is 23.8 Å². The predicted octanol–water partition coefficient (Wildman–Crippen LogP) is 4.74. The number of hydrogen-bond donors (Lipinski definition) is 0. The highest BCUT2D eigenvalue weighted by molar-refractivity contribution is 5.97. The minimum Gasteiger partial charge on any atom is -0.488 e. The van der Waals surface area contributed by atoms with Crippen molar-refractivity contribution in [3.63, 3.8) is 0 Å². The summed E-state index contributed by atoms with van der Waals surface area (Å²) < 4.78 is 5.85. The summed E-state index contributed by atoms with van der Waals surface area (Å²) in [6.07, 6.45) is 3.77. The molecule has 0 aromatic heterocycles. The molecule has 0 amide bonds. The molecule has 0 spiro atoms. The lowest BCUT2D eigenvalue weighted by Gasteiger charge is -2.26. The van der Waals surface area contributed by atoms with Crippen molar-refractivity contribution in [2.24, 2.45) is 0 Å². The number of benzene rings is 2. The van der Waals surface area contributed by atoms with Crippen LogP contribution in [0.4, 0.5) is 0 Å². The summed E-state index contributed by atoms with van der Waals surface area (Å²) in [7, 11) is 0. The number of ether oxygens (including phenoxy) is 1. The van der Waals surface area contributed by atoms with Crippen LogP contribution in [0, 0.1) is 0 Å². The molecule has 1 saturated carbocycles. The van der Waals surface area contributed by atoms with Gasteiger partial charge in [-0.1, -0.05) is 42.8 Å². The molecule has 1 aliphatic rings. The fourth-order valence-electron chi connectivity index (χ4n) is 2.68. The molecule has 1 aliphatic carbocycles. The van der Waals surface area contributed by atoms with Crippen molar-refractivity contribution >= 4 is 5.78 Å². The first kappa shape index (κ1) is 13.9. The molecule has 3 rings (SSSR count). The molecule has 108 valence electrons. The Labute approximate surface area is 125 Å². The average Bonchev–Trinajstić information content (AvgIpc) is 2.45. The van der Waals surface area contributed by atoms with Gasteiger partial charge in [0.15, 0.2) is 5.78 Å². The van der Waals surface area contributed by atoms with E-state index in [2.05, 4.69) is 6.07 Å². The summed E-state index contributed by atoms with van der Waals surface area (Å²) >= 11 is 0. The molecule has 0 radical (unpaired) electrons. The molecule has 0 unspecified atom stereocenters. The fraction of sp³-hybridized carbons (Fsp3) is 0.316. The van der Waals surface area contributed by atoms with Gasteiger partial charge in [-0.05, 0) is 48.9 Å². The largest absolute Gasteiger partial charge is 0.488 e. The van der Waals surface area contributed by atoms with Crippen molar-refractivity contribution in [2.75, 3.05) is 0 Å². The SMILES string of the molecule is CC(=O)c1cc(C2CCC2)ccc1OCc1ccccc1. The Hall–Kier alpha value is -2.09. The van der Waals surface area contributed by atoms with Crippen molar-refractivity contribution < 1.29 is 9.53 Å². The van der Waals surface area contributed by atoms with Crippen LogP contribution in [0.15, 0.2) is 48.5 Å². The van der Waals surface area contributed by atoms with Gasteiger partial charge in [0.1, 0.15) is 12.4 Å². The second kappa shape index (κ2) is 6.13. The van der Waals surface area contributed by atoms with Crippen LogP contribution in [-0.4, -0.2) is 5.78 Å². The first-order chi connectivity index (χ1) is 10.2. The van der Waals surface area contributed by atoms with E-state index in [4.69, 9.17) is 4.74 Å². The second-order valence-electron chi connectivity index (χ2n) is 5.71. The predicted molar refractivity (Wildman–Crippen MR) is 83.8 cm³/mol.